The molecule has 0 saturated carbocycles. The normalized spacial score (nSPS) is 12.2. The van der Waals surface area contributed by atoms with Crippen LogP contribution in [-0.4, -0.2) is 19.1 Å². The van der Waals surface area contributed by atoms with Crippen molar-refractivity contribution in [2.75, 3.05) is 13.2 Å². The Hall–Kier alpha value is -1.07. The number of amides is 1. The van der Waals surface area contributed by atoms with Crippen molar-refractivity contribution >= 4 is 21.8 Å². The Morgan fingerprint density at radius 3 is 2.84 bits per heavy atom. The Morgan fingerprint density at radius 1 is 1.53 bits per heavy atom. The quantitative estimate of drug-likeness (QED) is 0.720. The molecule has 19 heavy (non-hydrogen) atoms. The summed E-state index contributed by atoms with van der Waals surface area (Å²) in [5.41, 5.74) is 6.38. The van der Waals surface area contributed by atoms with Crippen molar-refractivity contribution in [3.8, 4) is 5.75 Å². The van der Waals surface area contributed by atoms with Gasteiger partial charge in [0.05, 0.1) is 17.0 Å². The minimum absolute atomic E-state index is 0.293. The maximum atomic E-state index is 10.9. The fraction of sp³-hybridized carbons (Fsp3) is 0.500. The molecule has 0 aliphatic carbocycles. The van der Waals surface area contributed by atoms with E-state index in [-0.39, 0.29) is 11.8 Å². The van der Waals surface area contributed by atoms with E-state index in [0.717, 1.165) is 29.7 Å². The molecule has 1 atom stereocenters. The average molecular weight is 329 g/mol. The maximum Gasteiger partial charge on any atom is 0.223 e. The molecule has 5 heteroatoms. The number of nitrogens with one attached hydrogen (secondary N) is 1. The summed E-state index contributed by atoms with van der Waals surface area (Å²) >= 11 is 3.47. The van der Waals surface area contributed by atoms with Gasteiger partial charge < -0.3 is 15.8 Å². The van der Waals surface area contributed by atoms with E-state index in [4.69, 9.17) is 10.5 Å². The molecule has 3 N–H and O–H groups in total. The summed E-state index contributed by atoms with van der Waals surface area (Å²) in [7, 11) is 0. The first kappa shape index (κ1) is 16.0. The lowest BCUT2D eigenvalue weighted by Gasteiger charge is -2.12. The van der Waals surface area contributed by atoms with E-state index in [1.165, 1.54) is 5.56 Å². The van der Waals surface area contributed by atoms with E-state index in [2.05, 4.69) is 28.2 Å². The third kappa shape index (κ3) is 5.61. The van der Waals surface area contributed by atoms with Gasteiger partial charge >= 0.3 is 0 Å². The van der Waals surface area contributed by atoms with Crippen LogP contribution >= 0.6 is 15.9 Å². The molecule has 0 bridgehead atoms. The average Bonchev–Trinajstić information content (AvgIpc) is 2.37. The van der Waals surface area contributed by atoms with Crippen LogP contribution in [-0.2, 0) is 11.3 Å². The van der Waals surface area contributed by atoms with Crippen LogP contribution in [0.5, 0.6) is 5.75 Å². The van der Waals surface area contributed by atoms with Crippen molar-refractivity contribution < 1.29 is 9.53 Å². The molecule has 106 valence electrons. The van der Waals surface area contributed by atoms with Crippen LogP contribution in [0.25, 0.3) is 0 Å². The second kappa shape index (κ2) is 8.17. The topological polar surface area (TPSA) is 64.3 Å². The lowest BCUT2D eigenvalue weighted by Crippen LogP contribution is -2.25. The Bertz CT molecular complexity index is 424. The number of carbonyl (C=O) groups excluding carboxylic acids is 1. The zero-order valence-corrected chi connectivity index (χ0v) is 13.0. The predicted octanol–water partition coefficient (Wildman–Crippen LogP) is 2.45. The number of halogens is 1. The molecule has 1 aromatic carbocycles. The molecule has 1 aromatic rings. The fourth-order valence-corrected chi connectivity index (χ4v) is 2.02. The largest absolute Gasteiger partial charge is 0.492 e. The van der Waals surface area contributed by atoms with Crippen molar-refractivity contribution in [2.24, 2.45) is 11.7 Å². The van der Waals surface area contributed by atoms with Gasteiger partial charge in [-0.25, -0.2) is 0 Å². The minimum Gasteiger partial charge on any atom is -0.492 e. The van der Waals surface area contributed by atoms with Crippen LogP contribution in [0, 0.1) is 5.92 Å². The van der Waals surface area contributed by atoms with E-state index < -0.39 is 0 Å². The van der Waals surface area contributed by atoms with Gasteiger partial charge in [-0.2, -0.15) is 0 Å². The standard InChI is InChI=1S/C14H21BrN2O2/c1-3-6-17-8-11-4-5-13(12(15)7-11)19-9-10(2)14(16)18/h4-5,7,10,17H,3,6,8-9H2,1-2H3,(H2,16,18). The lowest BCUT2D eigenvalue weighted by molar-refractivity contribution is -0.122. The van der Waals surface area contributed by atoms with Crippen LogP contribution in [0.2, 0.25) is 0 Å². The SMILES string of the molecule is CCCNCc1ccc(OCC(C)C(N)=O)c(Br)c1. The second-order valence-corrected chi connectivity index (χ2v) is 5.41. The Balaban J connectivity index is 2.54. The van der Waals surface area contributed by atoms with Gasteiger partial charge in [0.2, 0.25) is 5.91 Å². The minimum atomic E-state index is -0.350. The molecule has 0 aromatic heterocycles. The van der Waals surface area contributed by atoms with Gasteiger partial charge in [-0.05, 0) is 46.6 Å². The number of carbonyl (C=O) groups is 1. The van der Waals surface area contributed by atoms with Crippen LogP contribution in [0.1, 0.15) is 25.8 Å². The van der Waals surface area contributed by atoms with E-state index in [1.807, 2.05) is 18.2 Å². The second-order valence-electron chi connectivity index (χ2n) is 4.56. The van der Waals surface area contributed by atoms with E-state index in [9.17, 15) is 4.79 Å². The number of rotatable bonds is 8. The lowest BCUT2D eigenvalue weighted by atomic mass is 10.2. The molecule has 1 amide bonds. The number of benzene rings is 1. The number of ether oxygens (including phenoxy) is 1. The summed E-state index contributed by atoms with van der Waals surface area (Å²) in [6, 6.07) is 5.94. The highest BCUT2D eigenvalue weighted by atomic mass is 79.9. The summed E-state index contributed by atoms with van der Waals surface area (Å²) in [4.78, 5) is 10.9. The number of nitrogens with two attached hydrogens (primary N) is 1. The molecular formula is C14H21BrN2O2. The van der Waals surface area contributed by atoms with E-state index in [0.29, 0.717) is 6.61 Å². The predicted molar refractivity (Wildman–Crippen MR) is 80.0 cm³/mol. The monoisotopic (exact) mass is 328 g/mol. The molecule has 0 spiro atoms. The van der Waals surface area contributed by atoms with Crippen molar-refractivity contribution in [3.63, 3.8) is 0 Å². The molecule has 0 saturated heterocycles. The van der Waals surface area contributed by atoms with Crippen molar-refractivity contribution in [1.29, 1.82) is 0 Å². The first-order valence-corrected chi connectivity index (χ1v) is 7.25. The summed E-state index contributed by atoms with van der Waals surface area (Å²) in [6.07, 6.45) is 1.12. The van der Waals surface area contributed by atoms with Gasteiger partial charge in [-0.15, -0.1) is 0 Å². The third-order valence-electron chi connectivity index (χ3n) is 2.73. The number of primary amides is 1. The Kier molecular flexibility index (Phi) is 6.87. The van der Waals surface area contributed by atoms with Crippen LogP contribution < -0.4 is 15.8 Å². The van der Waals surface area contributed by atoms with Gasteiger partial charge in [0.1, 0.15) is 5.75 Å². The van der Waals surface area contributed by atoms with Gasteiger partial charge in [0.25, 0.3) is 0 Å². The zero-order valence-electron chi connectivity index (χ0n) is 11.4. The van der Waals surface area contributed by atoms with Crippen molar-refractivity contribution in [2.45, 2.75) is 26.8 Å². The zero-order chi connectivity index (χ0) is 14.3. The highest BCUT2D eigenvalue weighted by Gasteiger charge is 2.10. The molecule has 0 radical (unpaired) electrons. The first-order valence-electron chi connectivity index (χ1n) is 6.45. The molecular weight excluding hydrogens is 308 g/mol. The third-order valence-corrected chi connectivity index (χ3v) is 3.35. The molecule has 0 aliphatic heterocycles. The van der Waals surface area contributed by atoms with Gasteiger partial charge in [0, 0.05) is 6.54 Å². The molecule has 0 aliphatic rings. The fourth-order valence-electron chi connectivity index (χ4n) is 1.48. The highest BCUT2D eigenvalue weighted by molar-refractivity contribution is 9.10. The van der Waals surface area contributed by atoms with Crippen LogP contribution in [0.4, 0.5) is 0 Å². The first-order chi connectivity index (χ1) is 9.04. The van der Waals surface area contributed by atoms with Gasteiger partial charge in [-0.1, -0.05) is 19.9 Å². The Morgan fingerprint density at radius 2 is 2.26 bits per heavy atom. The number of hydrogen-bond acceptors (Lipinski definition) is 3. The van der Waals surface area contributed by atoms with Crippen LogP contribution in [0.15, 0.2) is 22.7 Å². The summed E-state index contributed by atoms with van der Waals surface area (Å²) < 4.78 is 6.46. The molecule has 1 unspecified atom stereocenters. The van der Waals surface area contributed by atoms with Gasteiger partial charge in [0.15, 0.2) is 0 Å². The smallest absolute Gasteiger partial charge is 0.223 e. The molecule has 1 rings (SSSR count). The summed E-state index contributed by atoms with van der Waals surface area (Å²) in [5, 5.41) is 3.34. The molecule has 4 nitrogen and oxygen atoms in total. The summed E-state index contributed by atoms with van der Waals surface area (Å²) in [5.74, 6) is 0.0849. The molecule has 0 fully saturated rings. The van der Waals surface area contributed by atoms with Gasteiger partial charge in [-0.3, -0.25) is 4.79 Å². The maximum absolute atomic E-state index is 10.9. The van der Waals surface area contributed by atoms with Crippen LogP contribution in [0.3, 0.4) is 0 Å². The van der Waals surface area contributed by atoms with E-state index in [1.54, 1.807) is 6.92 Å². The highest BCUT2D eigenvalue weighted by Crippen LogP contribution is 2.26. The van der Waals surface area contributed by atoms with Crippen molar-refractivity contribution in [3.05, 3.63) is 28.2 Å². The van der Waals surface area contributed by atoms with Crippen molar-refractivity contribution in [1.82, 2.24) is 5.32 Å². The Labute approximate surface area is 122 Å². The summed E-state index contributed by atoms with van der Waals surface area (Å²) in [6.45, 7) is 6.02. The number of hydrogen-bond donors (Lipinski definition) is 2. The molecule has 0 heterocycles. The van der Waals surface area contributed by atoms with E-state index >= 15 is 0 Å².